The van der Waals surface area contributed by atoms with Crippen LogP contribution in [-0.2, 0) is 10.0 Å². The molecule has 0 amide bonds. The number of nitrogens with zero attached hydrogens (tertiary/aromatic N) is 3. The maximum absolute atomic E-state index is 11.6. The van der Waals surface area contributed by atoms with Crippen molar-refractivity contribution in [1.82, 2.24) is 4.98 Å². The van der Waals surface area contributed by atoms with Crippen molar-refractivity contribution in [2.75, 3.05) is 19.2 Å². The minimum atomic E-state index is -3.81. The maximum Gasteiger partial charge on any atom is 0.238 e. The van der Waals surface area contributed by atoms with Crippen molar-refractivity contribution in [1.29, 1.82) is 5.26 Å². The van der Waals surface area contributed by atoms with Gasteiger partial charge in [0.25, 0.3) is 0 Å². The first-order valence-electron chi connectivity index (χ1n) is 12.1. The predicted molar refractivity (Wildman–Crippen MR) is 151 cm³/mol. The third-order valence-electron chi connectivity index (χ3n) is 6.33. The van der Waals surface area contributed by atoms with Crippen molar-refractivity contribution in [3.8, 4) is 29.2 Å². The average molecular weight is 588 g/mol. The molecule has 3 heterocycles. The minimum absolute atomic E-state index is 0.00258. The van der Waals surface area contributed by atoms with Gasteiger partial charge in [-0.3, -0.25) is 0 Å². The molecule has 0 radical (unpaired) electrons. The molecule has 3 aromatic carbocycles. The fourth-order valence-corrected chi connectivity index (χ4v) is 5.90. The molecule has 0 fully saturated rings. The largest absolute Gasteiger partial charge is 0.497 e. The van der Waals surface area contributed by atoms with Crippen LogP contribution in [0.15, 0.2) is 88.1 Å². The molecule has 0 aliphatic carbocycles. The number of nitriles is 1. The highest BCUT2D eigenvalue weighted by Crippen LogP contribution is 2.48. The monoisotopic (exact) mass is 587 g/mol. The van der Waals surface area contributed by atoms with Crippen LogP contribution in [0.1, 0.15) is 21.9 Å². The number of thiazole rings is 1. The molecule has 1 unspecified atom stereocenters. The van der Waals surface area contributed by atoms with E-state index < -0.39 is 15.9 Å². The Balaban J connectivity index is 1.37. The quantitative estimate of drug-likeness (QED) is 0.294. The number of hydrogen-bond donors (Lipinski definition) is 2. The van der Waals surface area contributed by atoms with Crippen LogP contribution in [0, 0.1) is 11.3 Å². The Bertz CT molecular complexity index is 1840. The Morgan fingerprint density at radius 1 is 1.12 bits per heavy atom. The fraction of sp³-hybridized carbons (Fsp3) is 0.107. The summed E-state index contributed by atoms with van der Waals surface area (Å²) < 4.78 is 45.4. The number of aliphatic imine (C=N–C) groups is 1. The van der Waals surface area contributed by atoms with Crippen molar-refractivity contribution in [3.63, 3.8) is 0 Å². The fourth-order valence-electron chi connectivity index (χ4n) is 4.33. The lowest BCUT2D eigenvalue weighted by Gasteiger charge is -2.22. The molecule has 0 spiro atoms. The molecule has 206 valence electrons. The van der Waals surface area contributed by atoms with Crippen LogP contribution in [0.2, 0.25) is 0 Å². The number of anilines is 2. The van der Waals surface area contributed by atoms with Gasteiger partial charge in [-0.25, -0.2) is 18.5 Å². The Labute approximate surface area is 239 Å². The summed E-state index contributed by atoms with van der Waals surface area (Å²) >= 11 is 1.31. The molecular formula is C28H21N5O6S2. The first-order valence-corrected chi connectivity index (χ1v) is 14.5. The summed E-state index contributed by atoms with van der Waals surface area (Å²) in [6.45, 7) is 0.158. The van der Waals surface area contributed by atoms with Gasteiger partial charge >= 0.3 is 0 Å². The van der Waals surface area contributed by atoms with Gasteiger partial charge in [0.15, 0.2) is 16.6 Å². The third kappa shape index (κ3) is 5.31. The zero-order valence-electron chi connectivity index (χ0n) is 21.4. The molecule has 0 saturated carbocycles. The van der Waals surface area contributed by atoms with Gasteiger partial charge in [-0.1, -0.05) is 23.5 Å². The van der Waals surface area contributed by atoms with E-state index in [1.54, 1.807) is 37.6 Å². The molecule has 1 aromatic heterocycles. The number of rotatable bonds is 7. The zero-order valence-corrected chi connectivity index (χ0v) is 23.0. The second kappa shape index (κ2) is 10.6. The minimum Gasteiger partial charge on any atom is -0.497 e. The number of primary sulfonamides is 1. The van der Waals surface area contributed by atoms with Crippen LogP contribution in [0.5, 0.6) is 23.1 Å². The van der Waals surface area contributed by atoms with E-state index in [2.05, 4.69) is 21.4 Å². The molecule has 3 N–H and O–H groups in total. The highest BCUT2D eigenvalue weighted by atomic mass is 32.2. The molecule has 41 heavy (non-hydrogen) atoms. The number of ether oxygens (including phenoxy) is 4. The normalized spacial score (nSPS) is 15.8. The number of methoxy groups -OCH3 is 1. The van der Waals surface area contributed by atoms with Crippen LogP contribution in [0.4, 0.5) is 10.8 Å². The lowest BCUT2D eigenvalue weighted by atomic mass is 9.89. The number of benzene rings is 3. The smallest absolute Gasteiger partial charge is 0.238 e. The highest BCUT2D eigenvalue weighted by Gasteiger charge is 2.35. The first-order chi connectivity index (χ1) is 19.8. The number of sulfonamides is 1. The van der Waals surface area contributed by atoms with Gasteiger partial charge in [-0.2, -0.15) is 10.2 Å². The lowest BCUT2D eigenvalue weighted by Crippen LogP contribution is -2.14. The van der Waals surface area contributed by atoms with Crippen molar-refractivity contribution < 1.29 is 27.4 Å². The van der Waals surface area contributed by atoms with Crippen LogP contribution in [0.3, 0.4) is 0 Å². The Morgan fingerprint density at radius 2 is 1.88 bits per heavy atom. The number of nitrogens with one attached hydrogen (secondary N) is 1. The van der Waals surface area contributed by atoms with E-state index in [0.29, 0.717) is 44.4 Å². The van der Waals surface area contributed by atoms with Gasteiger partial charge in [0.1, 0.15) is 17.4 Å². The SMILES string of the molecule is COc1ccc(C2C(C#N)=C(N=Cc3ccc4c(c3)OCO4)Oc3nc(Nc4ccc(S(N)(=O)=O)cc4)sc32)cc1. The van der Waals surface area contributed by atoms with Crippen molar-refractivity contribution in [2.45, 2.75) is 10.8 Å². The second-order valence-corrected chi connectivity index (χ2v) is 11.5. The van der Waals surface area contributed by atoms with Gasteiger partial charge in [0.05, 0.1) is 22.8 Å². The van der Waals surface area contributed by atoms with Gasteiger partial charge in [-0.15, -0.1) is 0 Å². The number of aromatic nitrogens is 1. The van der Waals surface area contributed by atoms with Crippen molar-refractivity contribution >= 4 is 38.4 Å². The molecule has 6 rings (SSSR count). The van der Waals surface area contributed by atoms with Crippen LogP contribution < -0.4 is 29.4 Å². The molecule has 0 bridgehead atoms. The van der Waals surface area contributed by atoms with Crippen LogP contribution >= 0.6 is 11.3 Å². The van der Waals surface area contributed by atoms with Gasteiger partial charge < -0.3 is 24.3 Å². The Hall–Kier alpha value is -4.90. The van der Waals surface area contributed by atoms with E-state index in [1.807, 2.05) is 30.3 Å². The number of allylic oxidation sites excluding steroid dienone is 1. The summed E-state index contributed by atoms with van der Waals surface area (Å²) in [6, 6.07) is 21.1. The van der Waals surface area contributed by atoms with Crippen molar-refractivity contribution in [2.24, 2.45) is 10.1 Å². The average Bonchev–Trinajstić information content (AvgIpc) is 3.61. The van der Waals surface area contributed by atoms with E-state index >= 15 is 0 Å². The molecule has 11 nitrogen and oxygen atoms in total. The highest BCUT2D eigenvalue weighted by molar-refractivity contribution is 7.89. The molecule has 13 heteroatoms. The Morgan fingerprint density at radius 3 is 2.59 bits per heavy atom. The molecule has 2 aliphatic heterocycles. The van der Waals surface area contributed by atoms with E-state index in [4.69, 9.17) is 24.1 Å². The maximum atomic E-state index is 11.6. The van der Waals surface area contributed by atoms with Gasteiger partial charge in [-0.05, 0) is 65.7 Å². The van der Waals surface area contributed by atoms with Crippen molar-refractivity contribution in [3.05, 3.63) is 94.2 Å². The molecule has 4 aromatic rings. The second-order valence-electron chi connectivity index (χ2n) is 8.89. The molecule has 1 atom stereocenters. The molecular weight excluding hydrogens is 566 g/mol. The van der Waals surface area contributed by atoms with Crippen LogP contribution in [0.25, 0.3) is 0 Å². The van der Waals surface area contributed by atoms with E-state index in [1.165, 1.54) is 23.5 Å². The number of hydrogen-bond acceptors (Lipinski definition) is 11. The van der Waals surface area contributed by atoms with Gasteiger partial charge in [0.2, 0.25) is 28.6 Å². The molecule has 0 saturated heterocycles. The summed E-state index contributed by atoms with van der Waals surface area (Å²) in [7, 11) is -2.23. The summed E-state index contributed by atoms with van der Waals surface area (Å²) in [6.07, 6.45) is 1.59. The molecule has 2 aliphatic rings. The standard InChI is InChI=1S/C28H21N5O6S2/c1-36-19-7-3-17(4-8-19)24-21(13-29)26(31-14-16-2-11-22-23(12-16)38-15-37-22)39-27-25(24)40-28(33-27)32-18-5-9-20(10-6-18)41(30,34)35/h2-12,14,24H,15H2,1H3,(H,32,33)(H2,30,34,35). The first kappa shape index (κ1) is 26.3. The van der Waals surface area contributed by atoms with Gasteiger partial charge in [0, 0.05) is 11.9 Å². The van der Waals surface area contributed by atoms with E-state index in [9.17, 15) is 13.7 Å². The van der Waals surface area contributed by atoms with Crippen LogP contribution in [-0.4, -0.2) is 33.5 Å². The summed E-state index contributed by atoms with van der Waals surface area (Å²) in [5.41, 5.74) is 2.47. The Kier molecular flexibility index (Phi) is 6.80. The van der Waals surface area contributed by atoms with E-state index in [-0.39, 0.29) is 17.6 Å². The van der Waals surface area contributed by atoms with E-state index in [0.717, 1.165) is 11.1 Å². The number of fused-ring (bicyclic) bond motifs is 2. The number of nitrogens with two attached hydrogens (primary N) is 1. The summed E-state index contributed by atoms with van der Waals surface area (Å²) in [5, 5.41) is 19.1. The summed E-state index contributed by atoms with van der Waals surface area (Å²) in [4.78, 5) is 9.84. The topological polar surface area (TPSA) is 158 Å². The lowest BCUT2D eigenvalue weighted by molar-refractivity contribution is 0.174. The zero-order chi connectivity index (χ0) is 28.6. The predicted octanol–water partition coefficient (Wildman–Crippen LogP) is 4.65. The summed E-state index contributed by atoms with van der Waals surface area (Å²) in [5.74, 6) is 1.86. The third-order valence-corrected chi connectivity index (χ3v) is 8.27.